The van der Waals surface area contributed by atoms with Crippen LogP contribution >= 0.6 is 0 Å². The van der Waals surface area contributed by atoms with Crippen LogP contribution in [0.15, 0.2) is 30.3 Å². The molecule has 2 N–H and O–H groups in total. The van der Waals surface area contributed by atoms with Crippen molar-refractivity contribution in [1.29, 1.82) is 5.26 Å². The van der Waals surface area contributed by atoms with Crippen molar-refractivity contribution >= 4 is 0 Å². The molecule has 108 valence electrons. The Kier molecular flexibility index (Phi) is 4.25. The van der Waals surface area contributed by atoms with Crippen LogP contribution in [0.3, 0.4) is 0 Å². The first kappa shape index (κ1) is 15.0. The van der Waals surface area contributed by atoms with E-state index in [1.165, 1.54) is 6.07 Å². The van der Waals surface area contributed by atoms with E-state index in [9.17, 15) is 4.39 Å². The average molecular weight is 284 g/mol. The Morgan fingerprint density at radius 1 is 1.14 bits per heavy atom. The Hall–Kier alpha value is -2.38. The van der Waals surface area contributed by atoms with E-state index in [0.717, 1.165) is 5.56 Å². The summed E-state index contributed by atoms with van der Waals surface area (Å²) >= 11 is 0. The summed E-state index contributed by atoms with van der Waals surface area (Å²) in [6.45, 7) is 5.33. The lowest BCUT2D eigenvalue weighted by Gasteiger charge is -2.16. The lowest BCUT2D eigenvalue weighted by atomic mass is 10.0. The lowest BCUT2D eigenvalue weighted by molar-refractivity contribution is 0.464. The van der Waals surface area contributed by atoms with Crippen molar-refractivity contribution < 1.29 is 9.13 Å². The first-order chi connectivity index (χ1) is 9.92. The zero-order chi connectivity index (χ0) is 15.6. The van der Waals surface area contributed by atoms with Gasteiger partial charge in [0.2, 0.25) is 0 Å². The van der Waals surface area contributed by atoms with Gasteiger partial charge >= 0.3 is 0 Å². The normalized spacial score (nSPS) is 11.8. The fourth-order valence-corrected chi connectivity index (χ4v) is 2.01. The second kappa shape index (κ2) is 5.94. The van der Waals surface area contributed by atoms with Crippen LogP contribution in [0.2, 0.25) is 0 Å². The number of nitrogens with zero attached hydrogens (tertiary/aromatic N) is 1. The Bertz CT molecular complexity index is 717. The van der Waals surface area contributed by atoms with Gasteiger partial charge in [-0.05, 0) is 56.2 Å². The Balaban J connectivity index is 2.49. The summed E-state index contributed by atoms with van der Waals surface area (Å²) in [5.41, 5.74) is 8.37. The highest BCUT2D eigenvalue weighted by atomic mass is 19.1. The van der Waals surface area contributed by atoms with E-state index in [4.69, 9.17) is 15.7 Å². The number of aryl methyl sites for hydroxylation is 2. The second-order valence-corrected chi connectivity index (χ2v) is 5.12. The van der Waals surface area contributed by atoms with Gasteiger partial charge in [-0.15, -0.1) is 0 Å². The zero-order valence-electron chi connectivity index (χ0n) is 12.3. The largest absolute Gasteiger partial charge is 0.457 e. The predicted octanol–water partition coefficient (Wildman–Crippen LogP) is 4.13. The van der Waals surface area contributed by atoms with Crippen LogP contribution in [0.25, 0.3) is 0 Å². The van der Waals surface area contributed by atoms with Gasteiger partial charge in [0.1, 0.15) is 17.3 Å². The first-order valence-electron chi connectivity index (χ1n) is 6.66. The molecule has 2 rings (SSSR count). The summed E-state index contributed by atoms with van der Waals surface area (Å²) in [7, 11) is 0. The molecule has 2 aromatic rings. The fraction of sp³-hybridized carbons (Fsp3) is 0.235. The molecular formula is C17H17FN2O. The van der Waals surface area contributed by atoms with Gasteiger partial charge < -0.3 is 10.5 Å². The average Bonchev–Trinajstić information content (AvgIpc) is 2.44. The second-order valence-electron chi connectivity index (χ2n) is 5.12. The maximum absolute atomic E-state index is 13.7. The summed E-state index contributed by atoms with van der Waals surface area (Å²) in [5.74, 6) is 0.779. The summed E-state index contributed by atoms with van der Waals surface area (Å²) in [6.07, 6.45) is 0. The highest BCUT2D eigenvalue weighted by Gasteiger charge is 2.14. The number of halogens is 1. The van der Waals surface area contributed by atoms with Crippen LogP contribution in [0.4, 0.5) is 4.39 Å². The van der Waals surface area contributed by atoms with Crippen LogP contribution < -0.4 is 10.5 Å². The Morgan fingerprint density at radius 2 is 1.86 bits per heavy atom. The van der Waals surface area contributed by atoms with E-state index < -0.39 is 0 Å². The van der Waals surface area contributed by atoms with Crippen molar-refractivity contribution in [3.05, 3.63) is 58.4 Å². The van der Waals surface area contributed by atoms with E-state index in [2.05, 4.69) is 6.07 Å². The van der Waals surface area contributed by atoms with Crippen molar-refractivity contribution in [3.8, 4) is 17.6 Å². The van der Waals surface area contributed by atoms with Crippen molar-refractivity contribution in [2.45, 2.75) is 26.8 Å². The number of ether oxygens (including phenoxy) is 1. The summed E-state index contributed by atoms with van der Waals surface area (Å²) < 4.78 is 19.6. The molecule has 0 fully saturated rings. The van der Waals surface area contributed by atoms with Crippen LogP contribution in [0.1, 0.15) is 35.2 Å². The smallest absolute Gasteiger partial charge is 0.132 e. The molecule has 4 heteroatoms. The van der Waals surface area contributed by atoms with Crippen molar-refractivity contribution in [3.63, 3.8) is 0 Å². The van der Waals surface area contributed by atoms with Crippen molar-refractivity contribution in [1.82, 2.24) is 0 Å². The van der Waals surface area contributed by atoms with Crippen LogP contribution in [-0.2, 0) is 0 Å². The van der Waals surface area contributed by atoms with Gasteiger partial charge in [-0.3, -0.25) is 0 Å². The standard InChI is InChI=1S/C17H17FN2O/c1-10-4-5-13(9-19)7-16(10)21-17-6-11(2)15(18)8-14(17)12(3)20/h4-8,12H,20H2,1-3H3. The van der Waals surface area contributed by atoms with Gasteiger partial charge in [0.25, 0.3) is 0 Å². The van der Waals surface area contributed by atoms with Gasteiger partial charge in [-0.1, -0.05) is 6.07 Å². The van der Waals surface area contributed by atoms with E-state index in [-0.39, 0.29) is 11.9 Å². The maximum Gasteiger partial charge on any atom is 0.132 e. The monoisotopic (exact) mass is 284 g/mol. The van der Waals surface area contributed by atoms with Gasteiger partial charge in [-0.2, -0.15) is 5.26 Å². The predicted molar refractivity (Wildman–Crippen MR) is 79.7 cm³/mol. The number of hydrogen-bond acceptors (Lipinski definition) is 3. The number of benzene rings is 2. The highest BCUT2D eigenvalue weighted by Crippen LogP contribution is 2.33. The molecule has 0 saturated carbocycles. The third kappa shape index (κ3) is 3.21. The molecule has 0 aliphatic rings. The molecule has 0 saturated heterocycles. The molecule has 0 bridgehead atoms. The molecule has 0 aliphatic heterocycles. The van der Waals surface area contributed by atoms with Gasteiger partial charge in [0.05, 0.1) is 11.6 Å². The first-order valence-corrected chi connectivity index (χ1v) is 6.66. The van der Waals surface area contributed by atoms with Crippen LogP contribution in [0.5, 0.6) is 11.5 Å². The quantitative estimate of drug-likeness (QED) is 0.922. The van der Waals surface area contributed by atoms with Crippen molar-refractivity contribution in [2.75, 3.05) is 0 Å². The molecule has 2 aromatic carbocycles. The van der Waals surface area contributed by atoms with Gasteiger partial charge in [0.15, 0.2) is 0 Å². The SMILES string of the molecule is Cc1cc(Oc2cc(C#N)ccc2C)c(C(C)N)cc1F. The number of hydrogen-bond donors (Lipinski definition) is 1. The van der Waals surface area contributed by atoms with E-state index >= 15 is 0 Å². The van der Waals surface area contributed by atoms with Crippen LogP contribution in [0, 0.1) is 31.0 Å². The molecule has 3 nitrogen and oxygen atoms in total. The molecular weight excluding hydrogens is 267 g/mol. The third-order valence-electron chi connectivity index (χ3n) is 3.32. The highest BCUT2D eigenvalue weighted by molar-refractivity contribution is 5.47. The number of nitrogens with two attached hydrogens (primary N) is 1. The number of rotatable bonds is 3. The Labute approximate surface area is 123 Å². The fourth-order valence-electron chi connectivity index (χ4n) is 2.01. The molecule has 0 aliphatic carbocycles. The molecule has 1 unspecified atom stereocenters. The zero-order valence-corrected chi connectivity index (χ0v) is 12.3. The lowest BCUT2D eigenvalue weighted by Crippen LogP contribution is -2.08. The minimum atomic E-state index is -0.352. The Morgan fingerprint density at radius 3 is 2.48 bits per heavy atom. The topological polar surface area (TPSA) is 59.0 Å². The molecule has 0 heterocycles. The minimum Gasteiger partial charge on any atom is -0.457 e. The molecule has 0 amide bonds. The minimum absolute atomic E-state index is 0.308. The van der Waals surface area contributed by atoms with Crippen LogP contribution in [-0.4, -0.2) is 0 Å². The summed E-state index contributed by atoms with van der Waals surface area (Å²) in [4.78, 5) is 0. The molecule has 21 heavy (non-hydrogen) atoms. The third-order valence-corrected chi connectivity index (χ3v) is 3.32. The molecule has 0 aromatic heterocycles. The molecule has 0 spiro atoms. The summed E-state index contributed by atoms with van der Waals surface area (Å²) in [5, 5.41) is 8.97. The number of nitriles is 1. The van der Waals surface area contributed by atoms with E-state index in [1.807, 2.05) is 13.0 Å². The maximum atomic E-state index is 13.7. The van der Waals surface area contributed by atoms with E-state index in [0.29, 0.717) is 28.2 Å². The van der Waals surface area contributed by atoms with Crippen molar-refractivity contribution in [2.24, 2.45) is 5.73 Å². The molecule has 1 atom stereocenters. The summed E-state index contributed by atoms with van der Waals surface area (Å²) in [6, 6.07) is 9.96. The van der Waals surface area contributed by atoms with Gasteiger partial charge in [0, 0.05) is 11.6 Å². The van der Waals surface area contributed by atoms with E-state index in [1.54, 1.807) is 32.0 Å². The molecule has 0 radical (unpaired) electrons. The van der Waals surface area contributed by atoms with Gasteiger partial charge in [-0.25, -0.2) is 4.39 Å².